The fraction of sp³-hybridized carbons (Fsp3) is 0.273. The first-order valence-electron chi connectivity index (χ1n) is 10.1. The monoisotopic (exact) mass is 420 g/mol. The number of carbonyl (C=O) groups excluding carboxylic acids is 1. The lowest BCUT2D eigenvalue weighted by Gasteiger charge is -2.35. The van der Waals surface area contributed by atoms with E-state index in [1.807, 2.05) is 18.2 Å². The molecule has 0 spiro atoms. The minimum atomic E-state index is -0.453. The molecule has 160 valence electrons. The molecule has 4 rings (SSSR count). The number of hydrogen-bond acceptors (Lipinski definition) is 6. The van der Waals surface area contributed by atoms with Crippen molar-refractivity contribution in [1.29, 1.82) is 0 Å². The molecule has 0 aliphatic carbocycles. The van der Waals surface area contributed by atoms with Gasteiger partial charge in [0, 0.05) is 56.7 Å². The summed E-state index contributed by atoms with van der Waals surface area (Å²) in [5.41, 5.74) is 3.30. The topological polar surface area (TPSA) is 96.5 Å². The van der Waals surface area contributed by atoms with Gasteiger partial charge >= 0.3 is 0 Å². The average molecular weight is 420 g/mol. The van der Waals surface area contributed by atoms with E-state index in [0.29, 0.717) is 17.8 Å². The highest BCUT2D eigenvalue weighted by Gasteiger charge is 2.17. The number of nitrogens with zero attached hydrogens (tertiary/aromatic N) is 5. The van der Waals surface area contributed by atoms with Crippen LogP contribution in [0, 0.1) is 10.1 Å². The lowest BCUT2D eigenvalue weighted by molar-refractivity contribution is -0.384. The van der Waals surface area contributed by atoms with E-state index in [0.717, 1.165) is 37.4 Å². The van der Waals surface area contributed by atoms with Gasteiger partial charge in [0.25, 0.3) is 11.6 Å². The fourth-order valence-electron chi connectivity index (χ4n) is 3.60. The lowest BCUT2D eigenvalue weighted by atomic mass is 10.1. The van der Waals surface area contributed by atoms with Gasteiger partial charge in [-0.1, -0.05) is 18.2 Å². The van der Waals surface area contributed by atoms with E-state index >= 15 is 0 Å². The second kappa shape index (κ2) is 8.97. The van der Waals surface area contributed by atoms with Crippen LogP contribution in [0.1, 0.15) is 15.9 Å². The van der Waals surface area contributed by atoms with Gasteiger partial charge in [0.15, 0.2) is 0 Å². The summed E-state index contributed by atoms with van der Waals surface area (Å²) in [7, 11) is 2.13. The van der Waals surface area contributed by atoms with Crippen molar-refractivity contribution in [2.45, 2.75) is 6.54 Å². The van der Waals surface area contributed by atoms with Gasteiger partial charge in [-0.25, -0.2) is 4.68 Å². The van der Waals surface area contributed by atoms with E-state index < -0.39 is 4.92 Å². The number of benzene rings is 2. The first-order valence-corrected chi connectivity index (χ1v) is 10.1. The van der Waals surface area contributed by atoms with Crippen LogP contribution in [0.4, 0.5) is 11.4 Å². The number of amides is 1. The fourth-order valence-corrected chi connectivity index (χ4v) is 3.60. The molecule has 1 aromatic heterocycles. The first-order chi connectivity index (χ1) is 15.0. The standard InChI is InChI=1S/C22H24N6O3/c1-25-10-12-26(13-11-25)21-5-3-2-4-17(21)14-23-22(29)18-15-24-27(16-18)19-6-8-20(9-7-19)28(30)31/h2-9,15-16H,10-14H2,1H3,(H,23,29). The van der Waals surface area contributed by atoms with E-state index in [4.69, 9.17) is 0 Å². The van der Waals surface area contributed by atoms with Gasteiger partial charge < -0.3 is 15.1 Å². The molecule has 9 nitrogen and oxygen atoms in total. The Balaban J connectivity index is 1.41. The van der Waals surface area contributed by atoms with Crippen LogP contribution < -0.4 is 10.2 Å². The Labute approximate surface area is 180 Å². The summed E-state index contributed by atoms with van der Waals surface area (Å²) in [5, 5.41) is 18.0. The predicted octanol–water partition coefficient (Wildman–Crippen LogP) is 2.46. The maximum Gasteiger partial charge on any atom is 0.269 e. The normalized spacial score (nSPS) is 14.4. The number of para-hydroxylation sites is 1. The minimum Gasteiger partial charge on any atom is -0.369 e. The number of likely N-dealkylation sites (N-methyl/N-ethyl adjacent to an activating group) is 1. The molecular formula is C22H24N6O3. The average Bonchev–Trinajstić information content (AvgIpc) is 3.29. The molecule has 0 bridgehead atoms. The van der Waals surface area contributed by atoms with Crippen LogP contribution in [-0.2, 0) is 6.54 Å². The van der Waals surface area contributed by atoms with Crippen LogP contribution in [-0.4, -0.2) is 58.7 Å². The Morgan fingerprint density at radius 3 is 2.52 bits per heavy atom. The number of anilines is 1. The molecule has 0 radical (unpaired) electrons. The Morgan fingerprint density at radius 1 is 1.10 bits per heavy atom. The number of nitrogens with one attached hydrogen (secondary N) is 1. The number of carbonyl (C=O) groups is 1. The zero-order valence-electron chi connectivity index (χ0n) is 17.3. The maximum absolute atomic E-state index is 12.7. The number of non-ortho nitro benzene ring substituents is 1. The van der Waals surface area contributed by atoms with Crippen LogP contribution in [0.2, 0.25) is 0 Å². The molecule has 1 aliphatic rings. The molecule has 1 saturated heterocycles. The summed E-state index contributed by atoms with van der Waals surface area (Å²) >= 11 is 0. The van der Waals surface area contributed by atoms with Crippen molar-refractivity contribution in [3.8, 4) is 5.69 Å². The Morgan fingerprint density at radius 2 is 1.81 bits per heavy atom. The summed E-state index contributed by atoms with van der Waals surface area (Å²) in [6.07, 6.45) is 3.10. The third-order valence-corrected chi connectivity index (χ3v) is 5.44. The second-order valence-electron chi connectivity index (χ2n) is 7.55. The van der Waals surface area contributed by atoms with E-state index in [1.54, 1.807) is 18.3 Å². The molecular weight excluding hydrogens is 396 g/mol. The molecule has 0 unspecified atom stereocenters. The van der Waals surface area contributed by atoms with Crippen molar-refractivity contribution in [2.24, 2.45) is 0 Å². The van der Waals surface area contributed by atoms with Gasteiger partial charge in [-0.05, 0) is 30.8 Å². The summed E-state index contributed by atoms with van der Waals surface area (Å²) < 4.78 is 1.52. The molecule has 0 atom stereocenters. The third kappa shape index (κ3) is 4.72. The van der Waals surface area contributed by atoms with Gasteiger partial charge in [0.1, 0.15) is 0 Å². The van der Waals surface area contributed by atoms with Crippen LogP contribution in [0.15, 0.2) is 60.9 Å². The number of rotatable bonds is 6. The van der Waals surface area contributed by atoms with Gasteiger partial charge in [0.05, 0.1) is 22.4 Å². The van der Waals surface area contributed by atoms with E-state index in [-0.39, 0.29) is 11.6 Å². The molecule has 0 saturated carbocycles. The van der Waals surface area contributed by atoms with Crippen LogP contribution in [0.3, 0.4) is 0 Å². The second-order valence-corrected chi connectivity index (χ2v) is 7.55. The maximum atomic E-state index is 12.7. The highest BCUT2D eigenvalue weighted by atomic mass is 16.6. The highest BCUT2D eigenvalue weighted by Crippen LogP contribution is 2.22. The molecule has 1 fully saturated rings. The largest absolute Gasteiger partial charge is 0.369 e. The number of hydrogen-bond donors (Lipinski definition) is 1. The van der Waals surface area contributed by atoms with Gasteiger partial charge in [-0.2, -0.15) is 5.10 Å². The smallest absolute Gasteiger partial charge is 0.269 e. The summed E-state index contributed by atoms with van der Waals surface area (Å²) in [5.74, 6) is -0.221. The molecule has 2 aromatic carbocycles. The zero-order chi connectivity index (χ0) is 21.8. The van der Waals surface area contributed by atoms with Crippen LogP contribution in [0.5, 0.6) is 0 Å². The van der Waals surface area contributed by atoms with Crippen LogP contribution in [0.25, 0.3) is 5.69 Å². The van der Waals surface area contributed by atoms with Crippen molar-refractivity contribution in [1.82, 2.24) is 20.0 Å². The predicted molar refractivity (Wildman–Crippen MR) is 118 cm³/mol. The minimum absolute atomic E-state index is 0.00730. The summed E-state index contributed by atoms with van der Waals surface area (Å²) in [6.45, 7) is 4.38. The zero-order valence-corrected chi connectivity index (χ0v) is 17.3. The molecule has 9 heteroatoms. The van der Waals surface area contributed by atoms with Gasteiger partial charge in [0.2, 0.25) is 0 Å². The van der Waals surface area contributed by atoms with Crippen molar-refractivity contribution in [3.63, 3.8) is 0 Å². The van der Waals surface area contributed by atoms with E-state index in [2.05, 4.69) is 33.3 Å². The number of piperazine rings is 1. The third-order valence-electron chi connectivity index (χ3n) is 5.44. The lowest BCUT2D eigenvalue weighted by Crippen LogP contribution is -2.45. The van der Waals surface area contributed by atoms with Crippen LogP contribution >= 0.6 is 0 Å². The Hall–Kier alpha value is -3.72. The van der Waals surface area contributed by atoms with Gasteiger partial charge in [-0.15, -0.1) is 0 Å². The van der Waals surface area contributed by atoms with Crippen molar-refractivity contribution in [3.05, 3.63) is 82.2 Å². The van der Waals surface area contributed by atoms with E-state index in [9.17, 15) is 14.9 Å². The number of aromatic nitrogens is 2. The quantitative estimate of drug-likeness (QED) is 0.486. The summed E-state index contributed by atoms with van der Waals surface area (Å²) in [6, 6.07) is 14.1. The van der Waals surface area contributed by atoms with Gasteiger partial charge in [-0.3, -0.25) is 14.9 Å². The Kier molecular flexibility index (Phi) is 5.94. The molecule has 1 N–H and O–H groups in total. The molecule has 1 aliphatic heterocycles. The SMILES string of the molecule is CN1CCN(c2ccccc2CNC(=O)c2cnn(-c3ccc([N+](=O)[O-])cc3)c2)CC1. The summed E-state index contributed by atoms with van der Waals surface area (Å²) in [4.78, 5) is 27.7. The molecule has 3 aromatic rings. The molecule has 1 amide bonds. The number of nitro groups is 1. The van der Waals surface area contributed by atoms with E-state index in [1.165, 1.54) is 23.0 Å². The molecule has 2 heterocycles. The highest BCUT2D eigenvalue weighted by molar-refractivity contribution is 5.93. The van der Waals surface area contributed by atoms with Crippen molar-refractivity contribution >= 4 is 17.3 Å². The number of nitro benzene ring substituents is 1. The first kappa shape index (κ1) is 20.5. The van der Waals surface area contributed by atoms with Crippen molar-refractivity contribution < 1.29 is 9.72 Å². The Bertz CT molecular complexity index is 1070. The van der Waals surface area contributed by atoms with Crippen molar-refractivity contribution in [2.75, 3.05) is 38.1 Å². The molecule has 31 heavy (non-hydrogen) atoms.